The molecule has 3 heterocycles. The standard InChI is InChI=1S/C22H21N5O4/c1-14-5-4-10-26(11-14)13-18-23-20-19(21(29)24-22(30)25(20)2)27(18)12-17(28)15-6-8-16(31-3)9-7-15/h4-11H,12-13H2,1-3H3/p+1. The molecule has 3 aromatic heterocycles. The molecule has 0 saturated carbocycles. The van der Waals surface area contributed by atoms with Crippen LogP contribution in [0.25, 0.3) is 11.2 Å². The molecule has 0 aliphatic carbocycles. The molecule has 1 aromatic carbocycles. The van der Waals surface area contributed by atoms with Crippen LogP contribution in [0.15, 0.2) is 58.4 Å². The van der Waals surface area contributed by atoms with Gasteiger partial charge in [0.2, 0.25) is 6.54 Å². The third-order valence-corrected chi connectivity index (χ3v) is 5.13. The number of aromatic nitrogens is 5. The van der Waals surface area contributed by atoms with Crippen LogP contribution in [0.3, 0.4) is 0 Å². The van der Waals surface area contributed by atoms with Crippen molar-refractivity contribution in [3.8, 4) is 5.75 Å². The van der Waals surface area contributed by atoms with Crippen LogP contribution in [0, 0.1) is 6.92 Å². The van der Waals surface area contributed by atoms with Crippen molar-refractivity contribution in [2.75, 3.05) is 7.11 Å². The second kappa shape index (κ2) is 8.02. The highest BCUT2D eigenvalue weighted by Gasteiger charge is 2.22. The summed E-state index contributed by atoms with van der Waals surface area (Å²) in [6.45, 7) is 2.22. The number of rotatable bonds is 6. The molecule has 9 nitrogen and oxygen atoms in total. The molecule has 158 valence electrons. The van der Waals surface area contributed by atoms with Crippen molar-refractivity contribution in [3.63, 3.8) is 0 Å². The van der Waals surface area contributed by atoms with E-state index in [0.717, 1.165) is 5.56 Å². The Hall–Kier alpha value is -4.01. The molecule has 0 radical (unpaired) electrons. The molecular formula is C22H22N5O4+. The van der Waals surface area contributed by atoms with Gasteiger partial charge in [-0.25, -0.2) is 9.78 Å². The van der Waals surface area contributed by atoms with Crippen molar-refractivity contribution < 1.29 is 14.1 Å². The van der Waals surface area contributed by atoms with Gasteiger partial charge in [-0.3, -0.25) is 19.1 Å². The first-order valence-electron chi connectivity index (χ1n) is 9.68. The molecule has 0 fully saturated rings. The Balaban J connectivity index is 1.82. The fourth-order valence-corrected chi connectivity index (χ4v) is 3.50. The summed E-state index contributed by atoms with van der Waals surface area (Å²) in [6.07, 6.45) is 3.82. The Morgan fingerprint density at radius 1 is 1.19 bits per heavy atom. The van der Waals surface area contributed by atoms with E-state index in [2.05, 4.69) is 9.97 Å². The summed E-state index contributed by atoms with van der Waals surface area (Å²) in [6, 6.07) is 10.7. The predicted octanol–water partition coefficient (Wildman–Crippen LogP) is 0.959. The van der Waals surface area contributed by atoms with Crippen LogP contribution in [0.2, 0.25) is 0 Å². The monoisotopic (exact) mass is 420 g/mol. The summed E-state index contributed by atoms with van der Waals surface area (Å²) in [4.78, 5) is 44.5. The molecule has 31 heavy (non-hydrogen) atoms. The number of H-pyrrole nitrogens is 1. The number of methoxy groups -OCH3 is 1. The van der Waals surface area contributed by atoms with Gasteiger partial charge in [-0.05, 0) is 37.3 Å². The Labute approximate surface area is 177 Å². The van der Waals surface area contributed by atoms with Crippen LogP contribution in [0.4, 0.5) is 0 Å². The number of hydrogen-bond acceptors (Lipinski definition) is 5. The average Bonchev–Trinajstić information content (AvgIpc) is 3.10. The molecule has 9 heteroatoms. The van der Waals surface area contributed by atoms with Gasteiger partial charge in [0.05, 0.1) is 13.7 Å². The highest BCUT2D eigenvalue weighted by atomic mass is 16.5. The van der Waals surface area contributed by atoms with E-state index < -0.39 is 11.2 Å². The first-order chi connectivity index (χ1) is 14.9. The highest BCUT2D eigenvalue weighted by molar-refractivity contribution is 5.96. The topological polar surface area (TPSA) is 103 Å². The second-order valence-electron chi connectivity index (χ2n) is 7.31. The van der Waals surface area contributed by atoms with Crippen molar-refractivity contribution in [1.82, 2.24) is 19.1 Å². The van der Waals surface area contributed by atoms with E-state index in [4.69, 9.17) is 4.74 Å². The predicted molar refractivity (Wildman–Crippen MR) is 113 cm³/mol. The van der Waals surface area contributed by atoms with Crippen molar-refractivity contribution in [1.29, 1.82) is 0 Å². The fraction of sp³-hybridized carbons (Fsp3) is 0.227. The number of ether oxygens (including phenoxy) is 1. The Bertz CT molecular complexity index is 1400. The third-order valence-electron chi connectivity index (χ3n) is 5.13. The lowest BCUT2D eigenvalue weighted by atomic mass is 10.1. The van der Waals surface area contributed by atoms with Crippen molar-refractivity contribution in [3.05, 3.63) is 86.6 Å². The molecule has 0 saturated heterocycles. The summed E-state index contributed by atoms with van der Waals surface area (Å²) in [5.74, 6) is 0.956. The quantitative estimate of drug-likeness (QED) is 0.370. The summed E-state index contributed by atoms with van der Waals surface area (Å²) in [5.41, 5.74) is 0.835. The number of nitrogens with zero attached hydrogens (tertiary/aromatic N) is 4. The van der Waals surface area contributed by atoms with Gasteiger partial charge in [0.1, 0.15) is 5.75 Å². The van der Waals surface area contributed by atoms with E-state index in [9.17, 15) is 14.4 Å². The third kappa shape index (κ3) is 3.89. The molecule has 0 spiro atoms. The summed E-state index contributed by atoms with van der Waals surface area (Å²) in [5, 5.41) is 0. The second-order valence-corrected chi connectivity index (χ2v) is 7.31. The number of benzene rings is 1. The minimum Gasteiger partial charge on any atom is -0.497 e. The molecule has 0 aliphatic heterocycles. The van der Waals surface area contributed by atoms with E-state index >= 15 is 0 Å². The van der Waals surface area contributed by atoms with Gasteiger partial charge in [-0.2, -0.15) is 4.57 Å². The Morgan fingerprint density at radius 2 is 1.94 bits per heavy atom. The van der Waals surface area contributed by atoms with Gasteiger partial charge in [0, 0.05) is 24.2 Å². The number of carbonyl (C=O) groups is 1. The molecule has 4 aromatic rings. The van der Waals surface area contributed by atoms with Crippen LogP contribution in [-0.2, 0) is 20.1 Å². The summed E-state index contributed by atoms with van der Waals surface area (Å²) >= 11 is 0. The minimum absolute atomic E-state index is 0.0914. The van der Waals surface area contributed by atoms with Crippen molar-refractivity contribution in [2.24, 2.45) is 7.05 Å². The minimum atomic E-state index is -0.575. The van der Waals surface area contributed by atoms with E-state index in [1.54, 1.807) is 35.9 Å². The lowest BCUT2D eigenvalue weighted by Gasteiger charge is -2.08. The molecule has 4 rings (SSSR count). The highest BCUT2D eigenvalue weighted by Crippen LogP contribution is 2.15. The van der Waals surface area contributed by atoms with Gasteiger partial charge in [-0.15, -0.1) is 0 Å². The smallest absolute Gasteiger partial charge is 0.329 e. The summed E-state index contributed by atoms with van der Waals surface area (Å²) in [7, 11) is 3.09. The maximum atomic E-state index is 13.0. The van der Waals surface area contributed by atoms with Crippen LogP contribution in [-0.4, -0.2) is 32.0 Å². The number of aromatic amines is 1. The van der Waals surface area contributed by atoms with E-state index in [0.29, 0.717) is 23.7 Å². The Kier molecular flexibility index (Phi) is 5.24. The van der Waals surface area contributed by atoms with E-state index in [1.165, 1.54) is 11.6 Å². The zero-order chi connectivity index (χ0) is 22.1. The maximum Gasteiger partial charge on any atom is 0.329 e. The zero-order valence-electron chi connectivity index (χ0n) is 17.5. The molecule has 0 unspecified atom stereocenters. The number of Topliss-reactive ketones (excluding diaryl/α,β-unsaturated/α-hetero) is 1. The first kappa shape index (κ1) is 20.3. The number of fused-ring (bicyclic) bond motifs is 1. The van der Waals surface area contributed by atoms with Gasteiger partial charge in [0.25, 0.3) is 5.56 Å². The van der Waals surface area contributed by atoms with Gasteiger partial charge < -0.3 is 9.30 Å². The molecular weight excluding hydrogens is 398 g/mol. The zero-order valence-corrected chi connectivity index (χ0v) is 17.5. The number of ketones is 1. The van der Waals surface area contributed by atoms with E-state index in [1.807, 2.05) is 36.0 Å². The number of imidazole rings is 1. The van der Waals surface area contributed by atoms with Crippen LogP contribution < -0.4 is 20.6 Å². The largest absolute Gasteiger partial charge is 0.497 e. The fourth-order valence-electron chi connectivity index (χ4n) is 3.50. The molecule has 0 bridgehead atoms. The maximum absolute atomic E-state index is 13.0. The number of aryl methyl sites for hydroxylation is 2. The molecule has 0 amide bonds. The number of nitrogens with one attached hydrogen (secondary N) is 1. The van der Waals surface area contributed by atoms with Gasteiger partial charge in [-0.1, -0.05) is 0 Å². The number of hydrogen-bond donors (Lipinski definition) is 1. The lowest BCUT2D eigenvalue weighted by molar-refractivity contribution is -0.689. The molecule has 0 atom stereocenters. The lowest BCUT2D eigenvalue weighted by Crippen LogP contribution is -2.35. The normalized spacial score (nSPS) is 11.1. The van der Waals surface area contributed by atoms with Crippen molar-refractivity contribution >= 4 is 16.9 Å². The van der Waals surface area contributed by atoms with Crippen LogP contribution in [0.1, 0.15) is 21.7 Å². The molecule has 0 aliphatic rings. The van der Waals surface area contributed by atoms with Gasteiger partial charge in [0.15, 0.2) is 35.2 Å². The number of carbonyl (C=O) groups excluding carboxylic acids is 1. The van der Waals surface area contributed by atoms with E-state index in [-0.39, 0.29) is 23.5 Å². The molecule has 1 N–H and O–H groups in total. The van der Waals surface area contributed by atoms with Crippen LogP contribution >= 0.6 is 0 Å². The average molecular weight is 420 g/mol. The Morgan fingerprint density at radius 3 is 2.61 bits per heavy atom. The first-order valence-corrected chi connectivity index (χ1v) is 9.68. The SMILES string of the molecule is COc1ccc(C(=O)Cn2c(C[n+]3cccc(C)c3)nc3c2c(=O)[nH]c(=O)n3C)cc1. The summed E-state index contributed by atoms with van der Waals surface area (Å²) < 4.78 is 9.91. The van der Waals surface area contributed by atoms with Crippen molar-refractivity contribution in [2.45, 2.75) is 20.0 Å². The van der Waals surface area contributed by atoms with Crippen LogP contribution in [0.5, 0.6) is 5.75 Å². The number of pyridine rings is 1. The van der Waals surface area contributed by atoms with Gasteiger partial charge >= 0.3 is 5.69 Å².